The molecule has 0 spiro atoms. The number of ether oxygens (including phenoxy) is 1. The Hall–Kier alpha value is -2.80. The molecule has 148 valence electrons. The first-order valence-electron chi connectivity index (χ1n) is 9.09. The molecule has 0 fully saturated rings. The molecular weight excluding hydrogens is 382 g/mol. The Morgan fingerprint density at radius 2 is 2.04 bits per heavy atom. The molecule has 4 N–H and O–H groups in total. The molecule has 1 aliphatic rings. The van der Waals surface area contributed by atoms with Gasteiger partial charge in [0.2, 0.25) is 0 Å². The molecular formula is C20H22ClN3O4. The van der Waals surface area contributed by atoms with E-state index in [0.717, 1.165) is 6.42 Å². The maximum absolute atomic E-state index is 12.9. The Morgan fingerprint density at radius 3 is 2.71 bits per heavy atom. The van der Waals surface area contributed by atoms with E-state index in [1.807, 2.05) is 13.8 Å². The molecule has 1 heterocycles. The van der Waals surface area contributed by atoms with Gasteiger partial charge in [-0.15, -0.1) is 0 Å². The van der Waals surface area contributed by atoms with E-state index >= 15 is 0 Å². The smallest absolute Gasteiger partial charge is 0.261 e. The van der Waals surface area contributed by atoms with Gasteiger partial charge in [0.1, 0.15) is 11.3 Å². The minimum absolute atomic E-state index is 0.105. The highest BCUT2D eigenvalue weighted by atomic mass is 35.5. The van der Waals surface area contributed by atoms with Crippen molar-refractivity contribution >= 4 is 23.4 Å². The number of carbonyl (C=O) groups is 2. The quantitative estimate of drug-likeness (QED) is 0.711. The average Bonchev–Trinajstić information content (AvgIpc) is 2.62. The number of fused-ring (bicyclic) bond motifs is 1. The van der Waals surface area contributed by atoms with E-state index in [0.29, 0.717) is 40.4 Å². The third kappa shape index (κ3) is 4.20. The Morgan fingerprint density at radius 1 is 1.29 bits per heavy atom. The molecule has 28 heavy (non-hydrogen) atoms. The number of hydrogen-bond donors (Lipinski definition) is 3. The number of nitrogens with two attached hydrogens (primary N) is 1. The summed E-state index contributed by atoms with van der Waals surface area (Å²) in [5, 5.41) is 3.39. The molecule has 1 aromatic carbocycles. The maximum atomic E-state index is 12.9. The average molecular weight is 404 g/mol. The van der Waals surface area contributed by atoms with E-state index in [2.05, 4.69) is 10.3 Å². The summed E-state index contributed by atoms with van der Waals surface area (Å²) in [5.74, 6) is -0.711. The summed E-state index contributed by atoms with van der Waals surface area (Å²) in [4.78, 5) is 39.2. The summed E-state index contributed by atoms with van der Waals surface area (Å²) in [6, 6.07) is 5.99. The lowest BCUT2D eigenvalue weighted by molar-refractivity contribution is 0.0926. The Labute approximate surface area is 167 Å². The third-order valence-electron chi connectivity index (χ3n) is 4.57. The van der Waals surface area contributed by atoms with Gasteiger partial charge in [0.25, 0.3) is 17.4 Å². The second-order valence-electron chi connectivity index (χ2n) is 7.04. The first kappa shape index (κ1) is 19.9. The number of hydrogen-bond acceptors (Lipinski definition) is 4. The van der Waals surface area contributed by atoms with Gasteiger partial charge in [0.15, 0.2) is 0 Å². The molecule has 0 saturated heterocycles. The lowest BCUT2D eigenvalue weighted by Crippen LogP contribution is -2.34. The lowest BCUT2D eigenvalue weighted by Gasteiger charge is -2.27. The van der Waals surface area contributed by atoms with Crippen molar-refractivity contribution in [2.75, 3.05) is 0 Å². The fourth-order valence-electron chi connectivity index (χ4n) is 3.35. The van der Waals surface area contributed by atoms with Gasteiger partial charge in [-0.25, -0.2) is 0 Å². The molecule has 3 rings (SSSR count). The first-order chi connectivity index (χ1) is 13.3. The van der Waals surface area contributed by atoms with Gasteiger partial charge in [0.05, 0.1) is 17.7 Å². The van der Waals surface area contributed by atoms with Crippen molar-refractivity contribution in [2.24, 2.45) is 5.73 Å². The molecule has 1 aromatic heterocycles. The number of primary amides is 1. The summed E-state index contributed by atoms with van der Waals surface area (Å²) >= 11 is 6.07. The predicted octanol–water partition coefficient (Wildman–Crippen LogP) is 2.72. The van der Waals surface area contributed by atoms with E-state index < -0.39 is 11.5 Å². The van der Waals surface area contributed by atoms with Crippen LogP contribution in [-0.2, 0) is 6.42 Å². The minimum atomic E-state index is -0.804. The lowest BCUT2D eigenvalue weighted by atomic mass is 9.90. The minimum Gasteiger partial charge on any atom is -0.490 e. The summed E-state index contributed by atoms with van der Waals surface area (Å²) in [7, 11) is 0. The van der Waals surface area contributed by atoms with Crippen LogP contribution >= 0.6 is 11.6 Å². The SMILES string of the molecule is CC(C)Oc1ccc(Cl)cc1C(=O)N[C@H]1CCCc2[nH]c(=O)c(C(N)=O)cc21. The van der Waals surface area contributed by atoms with Crippen molar-refractivity contribution in [1.29, 1.82) is 0 Å². The fourth-order valence-corrected chi connectivity index (χ4v) is 3.52. The van der Waals surface area contributed by atoms with Gasteiger partial charge in [-0.2, -0.15) is 0 Å². The van der Waals surface area contributed by atoms with E-state index in [1.165, 1.54) is 6.07 Å². The van der Waals surface area contributed by atoms with Gasteiger partial charge in [-0.05, 0) is 62.9 Å². The van der Waals surface area contributed by atoms with Crippen LogP contribution < -0.4 is 21.3 Å². The van der Waals surface area contributed by atoms with Gasteiger partial charge in [0, 0.05) is 10.7 Å². The van der Waals surface area contributed by atoms with E-state index in [9.17, 15) is 14.4 Å². The molecule has 8 heteroatoms. The molecule has 0 radical (unpaired) electrons. The van der Waals surface area contributed by atoms with Crippen LogP contribution in [0.3, 0.4) is 0 Å². The third-order valence-corrected chi connectivity index (χ3v) is 4.81. The van der Waals surface area contributed by atoms with Crippen molar-refractivity contribution in [3.8, 4) is 5.75 Å². The van der Waals surface area contributed by atoms with Crippen LogP contribution in [0.5, 0.6) is 5.75 Å². The second kappa shape index (κ2) is 8.06. The van der Waals surface area contributed by atoms with Crippen molar-refractivity contribution < 1.29 is 14.3 Å². The predicted molar refractivity (Wildman–Crippen MR) is 106 cm³/mol. The molecule has 0 bridgehead atoms. The van der Waals surface area contributed by atoms with Crippen molar-refractivity contribution in [2.45, 2.75) is 45.3 Å². The Kier molecular flexibility index (Phi) is 5.74. The molecule has 2 aromatic rings. The number of aryl methyl sites for hydroxylation is 1. The zero-order valence-electron chi connectivity index (χ0n) is 15.7. The van der Waals surface area contributed by atoms with E-state index in [-0.39, 0.29) is 23.6 Å². The molecule has 0 aliphatic heterocycles. The number of pyridine rings is 1. The number of aromatic nitrogens is 1. The molecule has 1 atom stereocenters. The van der Waals surface area contributed by atoms with Crippen LogP contribution in [0, 0.1) is 0 Å². The summed E-state index contributed by atoms with van der Waals surface area (Å²) in [6.07, 6.45) is 2.01. The van der Waals surface area contributed by atoms with Gasteiger partial charge >= 0.3 is 0 Å². The number of benzene rings is 1. The largest absolute Gasteiger partial charge is 0.490 e. The van der Waals surface area contributed by atoms with Crippen LogP contribution in [0.2, 0.25) is 5.02 Å². The zero-order chi connectivity index (χ0) is 20.4. The number of halogens is 1. The van der Waals surface area contributed by atoms with Gasteiger partial charge in [-0.3, -0.25) is 14.4 Å². The standard InChI is InChI=1S/C20H22ClN3O4/c1-10(2)28-17-7-6-11(21)8-13(17)19(26)23-15-4-3-5-16-12(15)9-14(18(22)25)20(27)24-16/h6-10,15H,3-5H2,1-2H3,(H2,22,25)(H,23,26)(H,24,27)/t15-/m0/s1. The van der Waals surface area contributed by atoms with Crippen LogP contribution in [0.15, 0.2) is 29.1 Å². The highest BCUT2D eigenvalue weighted by molar-refractivity contribution is 6.31. The first-order valence-corrected chi connectivity index (χ1v) is 9.47. The summed E-state index contributed by atoms with van der Waals surface area (Å²) in [5.41, 5.74) is 6.39. The van der Waals surface area contributed by atoms with Gasteiger partial charge in [-0.1, -0.05) is 11.6 Å². The molecule has 2 amide bonds. The number of carbonyl (C=O) groups excluding carboxylic acids is 2. The fraction of sp³-hybridized carbons (Fsp3) is 0.350. The van der Waals surface area contributed by atoms with Gasteiger partial charge < -0.3 is 20.8 Å². The normalized spacial score (nSPS) is 15.8. The molecule has 0 saturated carbocycles. The summed E-state index contributed by atoms with van der Waals surface area (Å²) < 4.78 is 5.72. The van der Waals surface area contributed by atoms with Crippen LogP contribution in [0.4, 0.5) is 0 Å². The Balaban J connectivity index is 1.93. The molecule has 1 aliphatic carbocycles. The number of amides is 2. The monoisotopic (exact) mass is 403 g/mol. The maximum Gasteiger partial charge on any atom is 0.261 e. The van der Waals surface area contributed by atoms with Crippen molar-refractivity contribution in [1.82, 2.24) is 10.3 Å². The molecule has 7 nitrogen and oxygen atoms in total. The zero-order valence-corrected chi connectivity index (χ0v) is 16.4. The topological polar surface area (TPSA) is 114 Å². The van der Waals surface area contributed by atoms with Crippen molar-refractivity contribution in [3.05, 3.63) is 62.0 Å². The van der Waals surface area contributed by atoms with Crippen LogP contribution in [0.1, 0.15) is 64.7 Å². The van der Waals surface area contributed by atoms with Crippen molar-refractivity contribution in [3.63, 3.8) is 0 Å². The van der Waals surface area contributed by atoms with E-state index in [1.54, 1.807) is 18.2 Å². The molecule has 0 unspecified atom stereocenters. The number of nitrogens with one attached hydrogen (secondary N) is 2. The second-order valence-corrected chi connectivity index (χ2v) is 7.47. The Bertz CT molecular complexity index is 984. The highest BCUT2D eigenvalue weighted by Crippen LogP contribution is 2.30. The number of H-pyrrole nitrogens is 1. The summed E-state index contributed by atoms with van der Waals surface area (Å²) in [6.45, 7) is 3.74. The van der Waals surface area contributed by atoms with E-state index in [4.69, 9.17) is 22.1 Å². The number of aromatic amines is 1. The van der Waals surface area contributed by atoms with Crippen LogP contribution in [-0.4, -0.2) is 22.9 Å². The number of rotatable bonds is 5. The van der Waals surface area contributed by atoms with Crippen LogP contribution in [0.25, 0.3) is 0 Å². The highest BCUT2D eigenvalue weighted by Gasteiger charge is 2.26.